The highest BCUT2D eigenvalue weighted by Gasteiger charge is 2.16. The van der Waals surface area contributed by atoms with Gasteiger partial charge in [0.15, 0.2) is 0 Å². The number of benzene rings is 2. The van der Waals surface area contributed by atoms with Gasteiger partial charge in [0, 0.05) is 0 Å². The van der Waals surface area contributed by atoms with Crippen molar-refractivity contribution in [1.82, 2.24) is 14.9 Å². The van der Waals surface area contributed by atoms with E-state index in [1.54, 1.807) is 4.57 Å². The van der Waals surface area contributed by atoms with Gasteiger partial charge in [0.2, 0.25) is 0 Å². The Hall–Kier alpha value is -2.46. The lowest BCUT2D eigenvalue weighted by Crippen LogP contribution is -2.28. The van der Waals surface area contributed by atoms with Gasteiger partial charge in [-0.25, -0.2) is 4.98 Å². The third kappa shape index (κ3) is 2.66. The summed E-state index contributed by atoms with van der Waals surface area (Å²) in [6.45, 7) is 6.13. The molecule has 0 aliphatic rings. The molecule has 4 heteroatoms. The molecule has 0 radical (unpaired) electrons. The van der Waals surface area contributed by atoms with Gasteiger partial charge in [-0.1, -0.05) is 18.2 Å². The van der Waals surface area contributed by atoms with Crippen LogP contribution < -0.4 is 10.9 Å². The van der Waals surface area contributed by atoms with Crippen LogP contribution in [0.15, 0.2) is 47.3 Å². The Kier molecular flexibility index (Phi) is 4.01. The zero-order valence-electron chi connectivity index (χ0n) is 13.9. The number of fused-ring (bicyclic) bond motifs is 1. The maximum absolute atomic E-state index is 13.1. The van der Waals surface area contributed by atoms with E-state index in [1.807, 2.05) is 56.4 Å². The smallest absolute Gasteiger partial charge is 0.266 e. The summed E-state index contributed by atoms with van der Waals surface area (Å²) in [5.74, 6) is 0.722. The van der Waals surface area contributed by atoms with Gasteiger partial charge in [0.1, 0.15) is 5.82 Å². The van der Waals surface area contributed by atoms with Crippen LogP contribution in [0.2, 0.25) is 0 Å². The Morgan fingerprint density at radius 3 is 2.52 bits per heavy atom. The predicted octanol–water partition coefficient (Wildman–Crippen LogP) is 3.28. The van der Waals surface area contributed by atoms with Crippen molar-refractivity contribution in [3.63, 3.8) is 0 Å². The van der Waals surface area contributed by atoms with Crippen molar-refractivity contribution in [3.05, 3.63) is 69.8 Å². The minimum absolute atomic E-state index is 0.0315. The second-order valence-electron chi connectivity index (χ2n) is 5.91. The minimum atomic E-state index is -0.0334. The van der Waals surface area contributed by atoms with E-state index in [0.717, 1.165) is 22.6 Å². The number of hydrogen-bond donors (Lipinski definition) is 1. The van der Waals surface area contributed by atoms with Crippen LogP contribution in [-0.2, 0) is 0 Å². The van der Waals surface area contributed by atoms with Crippen LogP contribution in [0, 0.1) is 13.8 Å². The van der Waals surface area contributed by atoms with Crippen LogP contribution in [0.1, 0.15) is 29.9 Å². The summed E-state index contributed by atoms with van der Waals surface area (Å²) in [6, 6.07) is 13.5. The Labute approximate surface area is 135 Å². The van der Waals surface area contributed by atoms with Gasteiger partial charge >= 0.3 is 0 Å². The summed E-state index contributed by atoms with van der Waals surface area (Å²) < 4.78 is 1.72. The monoisotopic (exact) mass is 307 g/mol. The van der Waals surface area contributed by atoms with Gasteiger partial charge in [-0.2, -0.15) is 0 Å². The normalized spacial score (nSPS) is 12.5. The number of hydrogen-bond acceptors (Lipinski definition) is 3. The third-order valence-corrected chi connectivity index (χ3v) is 4.37. The molecule has 0 fully saturated rings. The molecule has 1 aromatic heterocycles. The fourth-order valence-corrected chi connectivity index (χ4v) is 2.68. The lowest BCUT2D eigenvalue weighted by Gasteiger charge is -2.18. The molecule has 3 aromatic rings. The van der Waals surface area contributed by atoms with Crippen molar-refractivity contribution >= 4 is 10.9 Å². The summed E-state index contributed by atoms with van der Waals surface area (Å²) in [5.41, 5.74) is 3.92. The van der Waals surface area contributed by atoms with Gasteiger partial charge in [0.25, 0.3) is 5.56 Å². The van der Waals surface area contributed by atoms with E-state index in [9.17, 15) is 4.79 Å². The van der Waals surface area contributed by atoms with E-state index in [2.05, 4.69) is 19.2 Å². The molecule has 4 nitrogen and oxygen atoms in total. The molecular weight excluding hydrogens is 286 g/mol. The van der Waals surface area contributed by atoms with Crippen molar-refractivity contribution in [1.29, 1.82) is 0 Å². The van der Waals surface area contributed by atoms with E-state index < -0.39 is 0 Å². The number of nitrogens with one attached hydrogen (secondary N) is 1. The first-order chi connectivity index (χ1) is 11.0. The molecule has 0 saturated heterocycles. The zero-order valence-corrected chi connectivity index (χ0v) is 13.9. The lowest BCUT2D eigenvalue weighted by molar-refractivity contribution is 0.589. The molecule has 0 spiro atoms. The Morgan fingerprint density at radius 1 is 1.09 bits per heavy atom. The number of aromatic nitrogens is 2. The first-order valence-electron chi connectivity index (χ1n) is 7.79. The summed E-state index contributed by atoms with van der Waals surface area (Å²) in [4.78, 5) is 17.8. The Bertz CT molecular complexity index is 928. The van der Waals surface area contributed by atoms with Crippen molar-refractivity contribution in [3.8, 4) is 5.69 Å². The Morgan fingerprint density at radius 2 is 1.83 bits per heavy atom. The van der Waals surface area contributed by atoms with E-state index in [1.165, 1.54) is 5.56 Å². The molecule has 0 bridgehead atoms. The van der Waals surface area contributed by atoms with Crippen LogP contribution in [-0.4, -0.2) is 16.6 Å². The fourth-order valence-electron chi connectivity index (χ4n) is 2.68. The minimum Gasteiger partial charge on any atom is -0.311 e. The second kappa shape index (κ2) is 5.97. The molecule has 3 rings (SSSR count). The number of para-hydroxylation sites is 1. The molecule has 1 N–H and O–H groups in total. The third-order valence-electron chi connectivity index (χ3n) is 4.37. The molecule has 23 heavy (non-hydrogen) atoms. The van der Waals surface area contributed by atoms with E-state index >= 15 is 0 Å². The molecule has 118 valence electrons. The highest BCUT2D eigenvalue weighted by Crippen LogP contribution is 2.19. The quantitative estimate of drug-likeness (QED) is 0.808. The zero-order chi connectivity index (χ0) is 16.6. The number of aryl methyl sites for hydroxylation is 2. The maximum atomic E-state index is 13.1. The predicted molar refractivity (Wildman–Crippen MR) is 94.3 cm³/mol. The number of rotatable bonds is 3. The van der Waals surface area contributed by atoms with Gasteiger partial charge in [0.05, 0.1) is 22.6 Å². The SMILES string of the molecule is CN[C@H](C)c1nc2ccccc2c(=O)n1-c1ccc(C)c(C)c1. The van der Waals surface area contributed by atoms with Gasteiger partial charge in [-0.15, -0.1) is 0 Å². The number of nitrogens with zero attached hydrogens (tertiary/aromatic N) is 2. The molecule has 0 amide bonds. The first kappa shape index (κ1) is 15.4. The highest BCUT2D eigenvalue weighted by molar-refractivity contribution is 5.77. The molecule has 0 aliphatic heterocycles. The summed E-state index contributed by atoms with van der Waals surface area (Å²) in [5, 5.41) is 3.82. The topological polar surface area (TPSA) is 46.9 Å². The fraction of sp³-hybridized carbons (Fsp3) is 0.263. The molecule has 0 aliphatic carbocycles. The average Bonchev–Trinajstić information content (AvgIpc) is 2.57. The average molecular weight is 307 g/mol. The van der Waals surface area contributed by atoms with Crippen LogP contribution in [0.3, 0.4) is 0 Å². The van der Waals surface area contributed by atoms with Crippen LogP contribution >= 0.6 is 0 Å². The van der Waals surface area contributed by atoms with Gasteiger partial charge in [-0.3, -0.25) is 9.36 Å². The summed E-state index contributed by atoms with van der Waals surface area (Å²) in [7, 11) is 1.87. The summed E-state index contributed by atoms with van der Waals surface area (Å²) >= 11 is 0. The Balaban J connectivity index is 2.39. The van der Waals surface area contributed by atoms with Crippen molar-refractivity contribution in [2.24, 2.45) is 0 Å². The van der Waals surface area contributed by atoms with Crippen LogP contribution in [0.4, 0.5) is 0 Å². The summed E-state index contributed by atoms with van der Waals surface area (Å²) in [6.07, 6.45) is 0. The largest absolute Gasteiger partial charge is 0.311 e. The van der Waals surface area contributed by atoms with Crippen molar-refractivity contribution < 1.29 is 0 Å². The molecule has 0 saturated carbocycles. The van der Waals surface area contributed by atoms with E-state index in [-0.39, 0.29) is 11.6 Å². The van der Waals surface area contributed by atoms with E-state index in [4.69, 9.17) is 4.98 Å². The standard InChI is InChI=1S/C19H21N3O/c1-12-9-10-15(11-13(12)2)22-18(14(3)20-4)21-17-8-6-5-7-16(17)19(22)23/h5-11,14,20H,1-4H3/t14-/m1/s1. The maximum Gasteiger partial charge on any atom is 0.266 e. The first-order valence-corrected chi connectivity index (χ1v) is 7.79. The van der Waals surface area contributed by atoms with Crippen molar-refractivity contribution in [2.45, 2.75) is 26.8 Å². The molecule has 1 atom stereocenters. The molecule has 1 heterocycles. The highest BCUT2D eigenvalue weighted by atomic mass is 16.1. The molecule has 0 unspecified atom stereocenters. The van der Waals surface area contributed by atoms with Gasteiger partial charge in [-0.05, 0) is 63.2 Å². The van der Waals surface area contributed by atoms with Crippen molar-refractivity contribution in [2.75, 3.05) is 7.05 Å². The van der Waals surface area contributed by atoms with Crippen LogP contribution in [0.25, 0.3) is 16.6 Å². The molecule has 2 aromatic carbocycles. The van der Waals surface area contributed by atoms with Gasteiger partial charge < -0.3 is 5.32 Å². The second-order valence-corrected chi connectivity index (χ2v) is 5.91. The van der Waals surface area contributed by atoms with E-state index in [0.29, 0.717) is 5.39 Å². The molecular formula is C19H21N3O. The lowest BCUT2D eigenvalue weighted by atomic mass is 10.1. The van der Waals surface area contributed by atoms with Crippen LogP contribution in [0.5, 0.6) is 0 Å².